The van der Waals surface area contributed by atoms with Crippen LogP contribution in [0.4, 0.5) is 0 Å². The summed E-state index contributed by atoms with van der Waals surface area (Å²) in [6.07, 6.45) is 1.13. The third-order valence-corrected chi connectivity index (χ3v) is 5.46. The van der Waals surface area contributed by atoms with E-state index in [9.17, 15) is 0 Å². The number of hydrogen-bond donors (Lipinski definition) is 0. The Bertz CT molecular complexity index is 522. The van der Waals surface area contributed by atoms with Crippen LogP contribution in [0, 0.1) is 5.92 Å². The molecular formula is C18H26ClNS. The average molecular weight is 324 g/mol. The highest BCUT2D eigenvalue weighted by Gasteiger charge is 2.14. The zero-order chi connectivity index (χ0) is 16.0. The van der Waals surface area contributed by atoms with Crippen LogP contribution in [0.2, 0.25) is 5.02 Å². The van der Waals surface area contributed by atoms with Crippen molar-refractivity contribution in [2.45, 2.75) is 34.1 Å². The van der Waals surface area contributed by atoms with Crippen LogP contribution in [0.1, 0.15) is 39.7 Å². The number of halogens is 1. The maximum atomic E-state index is 6.17. The van der Waals surface area contributed by atoms with E-state index < -0.39 is 0 Å². The zero-order valence-electron chi connectivity index (χ0n) is 13.7. The molecule has 0 amide bonds. The molecule has 0 aliphatic heterocycles. The molecule has 21 heavy (non-hydrogen) atoms. The first kappa shape index (κ1) is 18.2. The molecule has 0 heterocycles. The number of rotatable bonds is 7. The largest absolute Gasteiger partial charge is 0.370 e. The van der Waals surface area contributed by atoms with Gasteiger partial charge in [-0.3, -0.25) is 0 Å². The Kier molecular flexibility index (Phi) is 7.41. The average Bonchev–Trinajstić information content (AvgIpc) is 2.49. The van der Waals surface area contributed by atoms with Gasteiger partial charge >= 0.3 is 0 Å². The molecule has 1 rings (SSSR count). The molecule has 1 aromatic rings. The Labute approximate surface area is 139 Å². The Hall–Kier alpha value is -0.860. The van der Waals surface area contributed by atoms with E-state index in [0.717, 1.165) is 23.0 Å². The van der Waals surface area contributed by atoms with E-state index in [4.69, 9.17) is 11.6 Å². The van der Waals surface area contributed by atoms with Crippen LogP contribution in [0.3, 0.4) is 0 Å². The number of hydrogen-bond acceptors (Lipinski definition) is 2. The molecule has 0 radical (unpaired) electrons. The van der Waals surface area contributed by atoms with Gasteiger partial charge in [-0.1, -0.05) is 61.5 Å². The Morgan fingerprint density at radius 1 is 1.38 bits per heavy atom. The van der Waals surface area contributed by atoms with Gasteiger partial charge in [0.1, 0.15) is 0 Å². The second kappa shape index (κ2) is 8.55. The Morgan fingerprint density at radius 2 is 2.05 bits per heavy atom. The van der Waals surface area contributed by atoms with E-state index in [1.165, 1.54) is 16.0 Å². The molecule has 0 aliphatic carbocycles. The molecule has 3 heteroatoms. The standard InChI is InChI=1S/C18H26ClNS/c1-7-13(3)14(4)18(21-15(5)20(6)8-2)16-10-9-11-17(19)12-16/h9-13H,5,7-8H2,1-4,6H3/b18-14-. The van der Waals surface area contributed by atoms with E-state index in [-0.39, 0.29) is 0 Å². The summed E-state index contributed by atoms with van der Waals surface area (Å²) in [5.74, 6) is 0.547. The Balaban J connectivity index is 3.21. The van der Waals surface area contributed by atoms with Crippen molar-refractivity contribution >= 4 is 28.3 Å². The molecule has 1 aromatic carbocycles. The van der Waals surface area contributed by atoms with Gasteiger partial charge in [-0.2, -0.15) is 0 Å². The number of benzene rings is 1. The van der Waals surface area contributed by atoms with Crippen molar-refractivity contribution in [2.24, 2.45) is 5.92 Å². The van der Waals surface area contributed by atoms with E-state index >= 15 is 0 Å². The first-order chi connectivity index (χ1) is 9.90. The van der Waals surface area contributed by atoms with Gasteiger partial charge in [-0.15, -0.1) is 0 Å². The predicted octanol–water partition coefficient (Wildman–Crippen LogP) is 6.27. The summed E-state index contributed by atoms with van der Waals surface area (Å²) in [6.45, 7) is 14.0. The van der Waals surface area contributed by atoms with E-state index in [0.29, 0.717) is 5.92 Å². The van der Waals surface area contributed by atoms with E-state index in [1.807, 2.05) is 18.2 Å². The molecule has 0 saturated heterocycles. The van der Waals surface area contributed by atoms with Gasteiger partial charge in [0, 0.05) is 23.5 Å². The highest BCUT2D eigenvalue weighted by atomic mass is 35.5. The topological polar surface area (TPSA) is 3.24 Å². The molecule has 116 valence electrons. The van der Waals surface area contributed by atoms with Gasteiger partial charge < -0.3 is 4.90 Å². The third kappa shape index (κ3) is 5.12. The van der Waals surface area contributed by atoms with Crippen molar-refractivity contribution in [3.8, 4) is 0 Å². The molecule has 0 N–H and O–H groups in total. The fraction of sp³-hybridized carbons (Fsp3) is 0.444. The van der Waals surface area contributed by atoms with Crippen molar-refractivity contribution in [1.82, 2.24) is 4.90 Å². The quantitative estimate of drug-likeness (QED) is 0.581. The van der Waals surface area contributed by atoms with Crippen LogP contribution >= 0.6 is 23.4 Å². The molecule has 0 fully saturated rings. The van der Waals surface area contributed by atoms with Crippen LogP contribution in [0.5, 0.6) is 0 Å². The molecule has 0 spiro atoms. The molecular weight excluding hydrogens is 298 g/mol. The highest BCUT2D eigenvalue weighted by Crippen LogP contribution is 2.39. The third-order valence-electron chi connectivity index (χ3n) is 3.92. The van der Waals surface area contributed by atoms with Crippen LogP contribution in [0.15, 0.2) is 41.4 Å². The lowest BCUT2D eigenvalue weighted by atomic mass is 9.97. The van der Waals surface area contributed by atoms with Crippen molar-refractivity contribution in [3.63, 3.8) is 0 Å². The molecule has 0 aliphatic rings. The summed E-state index contributed by atoms with van der Waals surface area (Å²) < 4.78 is 0. The van der Waals surface area contributed by atoms with Gasteiger partial charge in [0.25, 0.3) is 0 Å². The summed E-state index contributed by atoms with van der Waals surface area (Å²) >= 11 is 7.91. The van der Waals surface area contributed by atoms with Crippen molar-refractivity contribution in [2.75, 3.05) is 13.6 Å². The molecule has 0 saturated carbocycles. The second-order valence-corrected chi connectivity index (χ2v) is 6.86. The summed E-state index contributed by atoms with van der Waals surface area (Å²) in [5.41, 5.74) is 2.58. The minimum atomic E-state index is 0.547. The van der Waals surface area contributed by atoms with Crippen molar-refractivity contribution < 1.29 is 0 Å². The predicted molar refractivity (Wildman–Crippen MR) is 98.5 cm³/mol. The van der Waals surface area contributed by atoms with Crippen LogP contribution in [-0.4, -0.2) is 18.5 Å². The van der Waals surface area contributed by atoms with Gasteiger partial charge in [-0.05, 0) is 43.9 Å². The van der Waals surface area contributed by atoms with Crippen LogP contribution < -0.4 is 0 Å². The molecule has 1 unspecified atom stereocenters. The number of allylic oxidation sites excluding steroid dienone is 1. The summed E-state index contributed by atoms with van der Waals surface area (Å²) in [7, 11) is 2.07. The van der Waals surface area contributed by atoms with E-state index in [1.54, 1.807) is 11.8 Å². The summed E-state index contributed by atoms with van der Waals surface area (Å²) in [4.78, 5) is 3.44. The summed E-state index contributed by atoms with van der Waals surface area (Å²) in [6, 6.07) is 8.08. The lowest BCUT2D eigenvalue weighted by molar-refractivity contribution is 0.475. The highest BCUT2D eigenvalue weighted by molar-refractivity contribution is 8.11. The Morgan fingerprint density at radius 3 is 2.57 bits per heavy atom. The maximum Gasteiger partial charge on any atom is 0.0680 e. The van der Waals surface area contributed by atoms with Crippen LogP contribution in [-0.2, 0) is 0 Å². The maximum absolute atomic E-state index is 6.17. The SMILES string of the molecule is C=C(S/C(=C(/C)C(C)CC)c1cccc(Cl)c1)N(C)CC. The molecule has 1 nitrogen and oxygen atoms in total. The monoisotopic (exact) mass is 323 g/mol. The second-order valence-electron chi connectivity index (χ2n) is 5.34. The van der Waals surface area contributed by atoms with Gasteiger partial charge in [0.15, 0.2) is 0 Å². The van der Waals surface area contributed by atoms with Gasteiger partial charge in [-0.25, -0.2) is 0 Å². The zero-order valence-corrected chi connectivity index (χ0v) is 15.3. The molecule has 0 aromatic heterocycles. The first-order valence-corrected chi connectivity index (χ1v) is 8.64. The lowest BCUT2D eigenvalue weighted by Crippen LogP contribution is -2.14. The number of nitrogens with zero attached hydrogens (tertiary/aromatic N) is 1. The molecule has 0 bridgehead atoms. The van der Waals surface area contributed by atoms with Gasteiger partial charge in [0.05, 0.1) is 5.03 Å². The molecule has 1 atom stereocenters. The minimum Gasteiger partial charge on any atom is -0.370 e. The van der Waals surface area contributed by atoms with Crippen molar-refractivity contribution in [1.29, 1.82) is 0 Å². The fourth-order valence-corrected chi connectivity index (χ4v) is 3.22. The number of thioether (sulfide) groups is 1. The van der Waals surface area contributed by atoms with Gasteiger partial charge in [0.2, 0.25) is 0 Å². The van der Waals surface area contributed by atoms with Crippen molar-refractivity contribution in [3.05, 3.63) is 52.0 Å². The van der Waals surface area contributed by atoms with E-state index in [2.05, 4.69) is 52.3 Å². The lowest BCUT2D eigenvalue weighted by Gasteiger charge is -2.23. The first-order valence-electron chi connectivity index (χ1n) is 7.45. The minimum absolute atomic E-state index is 0.547. The smallest absolute Gasteiger partial charge is 0.0680 e. The van der Waals surface area contributed by atoms with Crippen LogP contribution in [0.25, 0.3) is 4.91 Å². The summed E-state index contributed by atoms with van der Waals surface area (Å²) in [5, 5.41) is 1.84. The normalized spacial score (nSPS) is 13.6. The fourth-order valence-electron chi connectivity index (χ4n) is 1.90.